The van der Waals surface area contributed by atoms with Crippen molar-refractivity contribution in [2.75, 3.05) is 28.4 Å². The number of pyridine rings is 1. The molecule has 0 saturated carbocycles. The summed E-state index contributed by atoms with van der Waals surface area (Å²) in [7, 11) is 6.20. The van der Waals surface area contributed by atoms with E-state index in [-0.39, 0.29) is 0 Å². The summed E-state index contributed by atoms with van der Waals surface area (Å²) in [5, 5.41) is 8.27. The molecule has 0 atom stereocenters. The lowest BCUT2D eigenvalue weighted by Crippen LogP contribution is -1.94. The van der Waals surface area contributed by atoms with Gasteiger partial charge in [0.25, 0.3) is 0 Å². The van der Waals surface area contributed by atoms with Crippen molar-refractivity contribution in [3.05, 3.63) is 30.5 Å². The number of rotatable bonds is 6. The van der Waals surface area contributed by atoms with Crippen molar-refractivity contribution >= 4 is 11.4 Å². The highest BCUT2D eigenvalue weighted by atomic mass is 16.5. The van der Waals surface area contributed by atoms with Gasteiger partial charge in [-0.25, -0.2) is 4.98 Å². The maximum absolute atomic E-state index is 5.27. The van der Waals surface area contributed by atoms with E-state index < -0.39 is 0 Å². The van der Waals surface area contributed by atoms with Crippen LogP contribution in [0.4, 0.5) is 11.4 Å². The molecule has 1 aromatic heterocycles. The van der Waals surface area contributed by atoms with Crippen molar-refractivity contribution in [1.29, 1.82) is 0 Å². The summed E-state index contributed by atoms with van der Waals surface area (Å²) in [6.45, 7) is 0. The van der Waals surface area contributed by atoms with E-state index in [2.05, 4.69) is 15.2 Å². The molecule has 7 nitrogen and oxygen atoms in total. The maximum Gasteiger partial charge on any atom is 0.213 e. The second-order valence-corrected chi connectivity index (χ2v) is 4.14. The zero-order valence-corrected chi connectivity index (χ0v) is 12.9. The predicted molar refractivity (Wildman–Crippen MR) is 81.1 cm³/mol. The first-order valence-electron chi connectivity index (χ1n) is 6.43. The summed E-state index contributed by atoms with van der Waals surface area (Å²) in [6.07, 6.45) is 1.57. The number of methoxy groups -OCH3 is 4. The van der Waals surface area contributed by atoms with Crippen molar-refractivity contribution in [3.63, 3.8) is 0 Å². The molecule has 0 saturated heterocycles. The van der Waals surface area contributed by atoms with Crippen LogP contribution < -0.4 is 18.9 Å². The number of hydrogen-bond donors (Lipinski definition) is 0. The fourth-order valence-corrected chi connectivity index (χ4v) is 1.79. The number of nitrogens with zero attached hydrogens (tertiary/aromatic N) is 3. The Morgan fingerprint density at radius 3 is 1.86 bits per heavy atom. The Balaban J connectivity index is 2.29. The van der Waals surface area contributed by atoms with Crippen molar-refractivity contribution in [3.8, 4) is 23.1 Å². The zero-order chi connectivity index (χ0) is 15.9. The van der Waals surface area contributed by atoms with Gasteiger partial charge >= 0.3 is 0 Å². The largest absolute Gasteiger partial charge is 0.493 e. The van der Waals surface area contributed by atoms with Crippen LogP contribution in [0.2, 0.25) is 0 Å². The van der Waals surface area contributed by atoms with Gasteiger partial charge in [0.2, 0.25) is 11.6 Å². The maximum atomic E-state index is 5.27. The molecule has 0 radical (unpaired) electrons. The minimum atomic E-state index is 0.509. The molecular weight excluding hydrogens is 286 g/mol. The lowest BCUT2D eigenvalue weighted by atomic mass is 10.2. The highest BCUT2D eigenvalue weighted by Crippen LogP contribution is 2.41. The van der Waals surface area contributed by atoms with Crippen LogP contribution in [0.1, 0.15) is 0 Å². The van der Waals surface area contributed by atoms with Crippen LogP contribution in [0.3, 0.4) is 0 Å². The van der Waals surface area contributed by atoms with Gasteiger partial charge in [-0.3, -0.25) is 0 Å². The molecule has 116 valence electrons. The highest BCUT2D eigenvalue weighted by Gasteiger charge is 2.12. The molecule has 0 spiro atoms. The molecule has 0 fully saturated rings. The Labute approximate surface area is 128 Å². The molecule has 0 aliphatic carbocycles. The van der Waals surface area contributed by atoms with Crippen molar-refractivity contribution in [2.24, 2.45) is 10.2 Å². The second-order valence-electron chi connectivity index (χ2n) is 4.14. The molecule has 0 amide bonds. The van der Waals surface area contributed by atoms with Crippen LogP contribution in [0.5, 0.6) is 23.1 Å². The number of ether oxygens (including phenoxy) is 4. The van der Waals surface area contributed by atoms with Gasteiger partial charge in [-0.05, 0) is 6.07 Å². The quantitative estimate of drug-likeness (QED) is 0.763. The van der Waals surface area contributed by atoms with Crippen LogP contribution in [-0.2, 0) is 0 Å². The average molecular weight is 303 g/mol. The van der Waals surface area contributed by atoms with E-state index in [0.29, 0.717) is 34.5 Å². The van der Waals surface area contributed by atoms with Crippen molar-refractivity contribution in [2.45, 2.75) is 0 Å². The molecule has 2 aromatic rings. The van der Waals surface area contributed by atoms with Crippen LogP contribution in [0.25, 0.3) is 0 Å². The van der Waals surface area contributed by atoms with E-state index in [9.17, 15) is 0 Å². The normalized spacial score (nSPS) is 10.5. The molecule has 1 aromatic carbocycles. The molecule has 0 aliphatic heterocycles. The summed E-state index contributed by atoms with van der Waals surface area (Å²) in [4.78, 5) is 4.06. The minimum Gasteiger partial charge on any atom is -0.493 e. The smallest absolute Gasteiger partial charge is 0.213 e. The summed E-state index contributed by atoms with van der Waals surface area (Å²) < 4.78 is 20.8. The average Bonchev–Trinajstić information content (AvgIpc) is 2.59. The van der Waals surface area contributed by atoms with E-state index in [1.165, 1.54) is 0 Å². The molecule has 22 heavy (non-hydrogen) atoms. The van der Waals surface area contributed by atoms with Crippen LogP contribution in [0.15, 0.2) is 40.7 Å². The molecule has 0 unspecified atom stereocenters. The molecule has 2 rings (SSSR count). The SMILES string of the molecule is COc1ccc(N=Nc2cc(OC)c(OC)c(OC)c2)cn1. The number of aromatic nitrogens is 1. The number of benzene rings is 1. The molecule has 0 N–H and O–H groups in total. The van der Waals surface area contributed by atoms with Gasteiger partial charge in [0, 0.05) is 18.2 Å². The minimum absolute atomic E-state index is 0.509. The summed E-state index contributed by atoms with van der Waals surface area (Å²) in [5.74, 6) is 2.06. The van der Waals surface area contributed by atoms with E-state index in [1.54, 1.807) is 58.9 Å². The Bertz CT molecular complexity index is 631. The lowest BCUT2D eigenvalue weighted by Gasteiger charge is -2.12. The molecular formula is C15H17N3O4. The Kier molecular flexibility index (Phi) is 5.13. The Morgan fingerprint density at radius 1 is 0.773 bits per heavy atom. The predicted octanol–water partition coefficient (Wildman–Crippen LogP) is 3.53. The summed E-state index contributed by atoms with van der Waals surface area (Å²) >= 11 is 0. The van der Waals surface area contributed by atoms with Gasteiger partial charge < -0.3 is 18.9 Å². The fraction of sp³-hybridized carbons (Fsp3) is 0.267. The number of hydrogen-bond acceptors (Lipinski definition) is 7. The highest BCUT2D eigenvalue weighted by molar-refractivity contribution is 5.60. The Hall–Kier alpha value is -2.83. The van der Waals surface area contributed by atoms with Crippen molar-refractivity contribution in [1.82, 2.24) is 4.98 Å². The van der Waals surface area contributed by atoms with Crippen LogP contribution in [-0.4, -0.2) is 33.4 Å². The molecule has 0 bridgehead atoms. The van der Waals surface area contributed by atoms with Gasteiger partial charge in [-0.15, -0.1) is 5.11 Å². The van der Waals surface area contributed by atoms with Crippen molar-refractivity contribution < 1.29 is 18.9 Å². The van der Waals surface area contributed by atoms with Crippen LogP contribution in [0, 0.1) is 0 Å². The second kappa shape index (κ2) is 7.26. The molecule has 0 aliphatic rings. The van der Waals surface area contributed by atoms with E-state index >= 15 is 0 Å². The molecule has 7 heteroatoms. The first-order chi connectivity index (χ1) is 10.7. The third kappa shape index (κ3) is 3.43. The summed E-state index contributed by atoms with van der Waals surface area (Å²) in [5.41, 5.74) is 1.18. The number of azo groups is 1. The van der Waals surface area contributed by atoms with Gasteiger partial charge in [-0.2, -0.15) is 5.11 Å². The fourth-order valence-electron chi connectivity index (χ4n) is 1.79. The van der Waals surface area contributed by atoms with Gasteiger partial charge in [0.05, 0.1) is 40.3 Å². The van der Waals surface area contributed by atoms with Gasteiger partial charge in [-0.1, -0.05) is 0 Å². The standard InChI is InChI=1S/C15H17N3O4/c1-19-12-7-11(8-13(20-2)15(12)22-4)18-17-10-5-6-14(21-3)16-9-10/h5-9H,1-4H3. The van der Waals surface area contributed by atoms with Gasteiger partial charge in [0.15, 0.2) is 11.5 Å². The van der Waals surface area contributed by atoms with Crippen LogP contribution >= 0.6 is 0 Å². The lowest BCUT2D eigenvalue weighted by molar-refractivity contribution is 0.324. The first-order valence-corrected chi connectivity index (χ1v) is 6.43. The topological polar surface area (TPSA) is 74.5 Å². The third-order valence-electron chi connectivity index (χ3n) is 2.86. The summed E-state index contributed by atoms with van der Waals surface area (Å²) in [6, 6.07) is 6.89. The van der Waals surface area contributed by atoms with E-state index in [0.717, 1.165) is 0 Å². The Morgan fingerprint density at radius 2 is 1.41 bits per heavy atom. The van der Waals surface area contributed by atoms with Gasteiger partial charge in [0.1, 0.15) is 5.69 Å². The molecule has 1 heterocycles. The monoisotopic (exact) mass is 303 g/mol. The first kappa shape index (κ1) is 15.6. The van der Waals surface area contributed by atoms with E-state index in [4.69, 9.17) is 18.9 Å². The third-order valence-corrected chi connectivity index (χ3v) is 2.86. The zero-order valence-electron chi connectivity index (χ0n) is 12.9. The van der Waals surface area contributed by atoms with E-state index in [1.807, 2.05) is 0 Å².